The van der Waals surface area contributed by atoms with Crippen molar-refractivity contribution >= 4 is 48.4 Å². The molecular weight excluding hydrogens is 359 g/mol. The summed E-state index contributed by atoms with van der Waals surface area (Å²) in [5.41, 5.74) is 5.16. The first kappa shape index (κ1) is 10.8. The number of urea groups is 1. The van der Waals surface area contributed by atoms with Gasteiger partial charge in [0.2, 0.25) is 0 Å². The van der Waals surface area contributed by atoms with Crippen molar-refractivity contribution in [2.24, 2.45) is 5.73 Å². The second-order valence-electron chi connectivity index (χ2n) is 1.43. The van der Waals surface area contributed by atoms with E-state index in [0.29, 0.717) is 0 Å². The van der Waals surface area contributed by atoms with Crippen molar-refractivity contribution in [1.29, 1.82) is 0 Å². The van der Waals surface area contributed by atoms with Gasteiger partial charge in [-0.3, -0.25) is 0 Å². The molecule has 5 heteroatoms. The number of rotatable bonds is 4. The Labute approximate surface area is 82.6 Å². The first-order valence-corrected chi connectivity index (χ1v) is 8.45. The number of primary amides is 1. The average molecular weight is 371 g/mol. The van der Waals surface area contributed by atoms with E-state index in [9.17, 15) is 4.79 Å². The molecule has 0 aliphatic carbocycles. The van der Waals surface area contributed by atoms with Gasteiger partial charge in [-0.1, -0.05) is 0 Å². The van der Waals surface area contributed by atoms with Crippen LogP contribution >= 0.6 is 0 Å². The molecule has 2 amide bonds. The van der Waals surface area contributed by atoms with E-state index in [0.717, 1.165) is 8.94 Å². The Morgan fingerprint density at radius 1 is 1.40 bits per heavy atom. The normalized spacial score (nSPS) is 9.40. The molecule has 0 bridgehead atoms. The summed E-state index contributed by atoms with van der Waals surface area (Å²) in [6, 6.07) is -0.187. The topological polar surface area (TPSA) is 46.3 Å². The van der Waals surface area contributed by atoms with Crippen molar-refractivity contribution in [3.8, 4) is 0 Å². The molecule has 0 heterocycles. The SMILES string of the molecule is CC[Te]N([Te]CC)C(N)=O. The number of carbonyl (C=O) groups excluding carboxylic acids is 1. The molecule has 3 nitrogen and oxygen atoms in total. The van der Waals surface area contributed by atoms with Gasteiger partial charge >= 0.3 is 83.1 Å². The molecule has 0 fully saturated rings. The monoisotopic (exact) mass is 376 g/mol. The summed E-state index contributed by atoms with van der Waals surface area (Å²) in [4.78, 5) is 10.7. The van der Waals surface area contributed by atoms with E-state index in [2.05, 4.69) is 13.8 Å². The average Bonchev–Trinajstić information content (AvgIpc) is 1.87. The fourth-order valence-corrected chi connectivity index (χ4v) is 8.14. The van der Waals surface area contributed by atoms with Crippen LogP contribution in [0.4, 0.5) is 4.79 Å². The van der Waals surface area contributed by atoms with E-state index >= 15 is 0 Å². The molecule has 0 spiro atoms. The minimum atomic E-state index is -0.233. The van der Waals surface area contributed by atoms with E-state index in [1.807, 2.05) is 1.40 Å². The van der Waals surface area contributed by atoms with E-state index in [1.54, 1.807) is 0 Å². The third-order valence-corrected chi connectivity index (χ3v) is 8.55. The van der Waals surface area contributed by atoms with Gasteiger partial charge in [-0.05, 0) is 0 Å². The zero-order valence-electron chi connectivity index (χ0n) is 6.16. The molecule has 0 unspecified atom stereocenters. The van der Waals surface area contributed by atoms with E-state index in [-0.39, 0.29) is 48.4 Å². The number of nitrogens with two attached hydrogens (primary N) is 1. The van der Waals surface area contributed by atoms with Crippen LogP contribution in [0.3, 0.4) is 0 Å². The fraction of sp³-hybridized carbons (Fsp3) is 0.800. The van der Waals surface area contributed by atoms with E-state index < -0.39 is 0 Å². The van der Waals surface area contributed by atoms with Crippen molar-refractivity contribution in [3.05, 3.63) is 0 Å². The molecule has 0 aromatic heterocycles. The first-order valence-electron chi connectivity index (χ1n) is 3.07. The third kappa shape index (κ3) is 4.63. The molecule has 2 N–H and O–H groups in total. The van der Waals surface area contributed by atoms with Gasteiger partial charge in [0.1, 0.15) is 0 Å². The summed E-state index contributed by atoms with van der Waals surface area (Å²) < 4.78 is 4.20. The molecule has 0 saturated carbocycles. The molecule has 0 atom stereocenters. The predicted octanol–water partition coefficient (Wildman–Crippen LogP) is 0.482. The molecule has 0 aliphatic rings. The predicted molar refractivity (Wildman–Crippen MR) is 43.9 cm³/mol. The van der Waals surface area contributed by atoms with Crippen LogP contribution in [0, 0.1) is 0 Å². The van der Waals surface area contributed by atoms with Crippen molar-refractivity contribution in [2.45, 2.75) is 22.8 Å². The number of hydrogen-bond acceptors (Lipinski definition) is 1. The van der Waals surface area contributed by atoms with Crippen LogP contribution in [0.25, 0.3) is 0 Å². The van der Waals surface area contributed by atoms with Crippen molar-refractivity contribution in [1.82, 2.24) is 1.40 Å². The third-order valence-electron chi connectivity index (χ3n) is 0.673. The molecular formula is C5H12N2OTe2. The van der Waals surface area contributed by atoms with Crippen LogP contribution < -0.4 is 5.73 Å². The van der Waals surface area contributed by atoms with Gasteiger partial charge in [-0.2, -0.15) is 0 Å². The summed E-state index contributed by atoms with van der Waals surface area (Å²) in [6.45, 7) is 4.22. The fourth-order valence-electron chi connectivity index (χ4n) is 0.399. The minimum absolute atomic E-state index is 0.187. The Bertz CT molecular complexity index is 104. The molecule has 0 aromatic carbocycles. The molecule has 0 radical (unpaired) electrons. The second-order valence-corrected chi connectivity index (χ2v) is 10.5. The van der Waals surface area contributed by atoms with Crippen LogP contribution in [0.1, 0.15) is 13.8 Å². The Morgan fingerprint density at radius 2 is 1.80 bits per heavy atom. The number of nitrogens with zero attached hydrogens (tertiary/aromatic N) is 1. The Balaban J connectivity index is 3.61. The number of carbonyl (C=O) groups is 1. The second kappa shape index (κ2) is 6.55. The Morgan fingerprint density at radius 3 is 2.00 bits per heavy atom. The van der Waals surface area contributed by atoms with Crippen molar-refractivity contribution in [2.75, 3.05) is 0 Å². The standard InChI is InChI=1S/C5H12N2OTe2/c1-3-9-7(5(6)8)10-4-2/h3-4H2,1-2H3,(H2,6,8). The van der Waals surface area contributed by atoms with Gasteiger partial charge in [0, 0.05) is 0 Å². The summed E-state index contributed by atoms with van der Waals surface area (Å²) in [5, 5.41) is 0. The van der Waals surface area contributed by atoms with Crippen LogP contribution in [0.15, 0.2) is 0 Å². The number of hydrogen-bond donors (Lipinski definition) is 1. The molecule has 0 rings (SSSR count). The summed E-state index contributed by atoms with van der Waals surface area (Å²) in [7, 11) is 0. The van der Waals surface area contributed by atoms with Crippen molar-refractivity contribution in [3.63, 3.8) is 0 Å². The van der Waals surface area contributed by atoms with Gasteiger partial charge in [0.15, 0.2) is 0 Å². The maximum absolute atomic E-state index is 10.7. The molecule has 10 heavy (non-hydrogen) atoms. The van der Waals surface area contributed by atoms with Gasteiger partial charge in [-0.25, -0.2) is 0 Å². The summed E-state index contributed by atoms with van der Waals surface area (Å²) in [6.07, 6.45) is 0. The molecule has 0 saturated heterocycles. The van der Waals surface area contributed by atoms with Crippen LogP contribution in [0.5, 0.6) is 0 Å². The van der Waals surface area contributed by atoms with Crippen LogP contribution in [-0.2, 0) is 0 Å². The van der Waals surface area contributed by atoms with Gasteiger partial charge in [0.05, 0.1) is 0 Å². The summed E-state index contributed by atoms with van der Waals surface area (Å²) >= 11 is -0.466. The van der Waals surface area contributed by atoms with Gasteiger partial charge in [0.25, 0.3) is 0 Å². The summed E-state index contributed by atoms with van der Waals surface area (Å²) in [5.74, 6) is 0. The first-order chi connectivity index (χ1) is 4.72. The quantitative estimate of drug-likeness (QED) is 0.718. The van der Waals surface area contributed by atoms with Gasteiger partial charge in [-0.15, -0.1) is 0 Å². The van der Waals surface area contributed by atoms with E-state index in [1.165, 1.54) is 0 Å². The molecule has 0 aliphatic heterocycles. The maximum atomic E-state index is 10.7. The number of amides is 2. The van der Waals surface area contributed by atoms with Crippen LogP contribution in [-0.4, -0.2) is 49.8 Å². The molecule has 60 valence electrons. The Hall–Kier alpha value is 0.849. The van der Waals surface area contributed by atoms with Gasteiger partial charge < -0.3 is 0 Å². The van der Waals surface area contributed by atoms with E-state index in [4.69, 9.17) is 5.73 Å². The zero-order valence-corrected chi connectivity index (χ0v) is 10.8. The van der Waals surface area contributed by atoms with Crippen LogP contribution in [0.2, 0.25) is 8.94 Å². The van der Waals surface area contributed by atoms with Crippen molar-refractivity contribution < 1.29 is 4.79 Å². The Kier molecular flexibility index (Phi) is 7.11. The zero-order chi connectivity index (χ0) is 7.98. The molecule has 0 aromatic rings.